The van der Waals surface area contributed by atoms with Gasteiger partial charge in [-0.15, -0.1) is 0 Å². The van der Waals surface area contributed by atoms with Crippen molar-refractivity contribution in [2.45, 2.75) is 20.4 Å². The lowest BCUT2D eigenvalue weighted by molar-refractivity contribution is 0.790. The number of rotatable bonds is 4. The van der Waals surface area contributed by atoms with Gasteiger partial charge >= 0.3 is 0 Å². The van der Waals surface area contributed by atoms with Crippen LogP contribution >= 0.6 is 0 Å². The van der Waals surface area contributed by atoms with E-state index in [4.69, 9.17) is 10.5 Å². The zero-order valence-electron chi connectivity index (χ0n) is 14.0. The lowest BCUT2D eigenvalue weighted by Crippen LogP contribution is -2.03. The topological polar surface area (TPSA) is 90.3 Å². The molecule has 3 rings (SSSR count). The van der Waals surface area contributed by atoms with Gasteiger partial charge < -0.3 is 9.88 Å². The first-order chi connectivity index (χ1) is 12.2. The minimum absolute atomic E-state index is 0.00939. The van der Waals surface area contributed by atoms with E-state index in [1.165, 1.54) is 18.1 Å². The molecule has 122 valence electrons. The maximum Gasteiger partial charge on any atom is 0.146 e. The van der Waals surface area contributed by atoms with E-state index in [1.807, 2.05) is 37.3 Å². The molecule has 3 aromatic rings. The van der Waals surface area contributed by atoms with E-state index in [0.29, 0.717) is 12.4 Å². The van der Waals surface area contributed by atoms with Crippen molar-refractivity contribution in [3.05, 3.63) is 65.3 Å². The van der Waals surface area contributed by atoms with Crippen molar-refractivity contribution in [3.8, 4) is 12.1 Å². The Balaban J connectivity index is 2.09. The highest BCUT2D eigenvalue weighted by atomic mass is 15.1. The fourth-order valence-corrected chi connectivity index (χ4v) is 2.77. The second-order valence-corrected chi connectivity index (χ2v) is 5.63. The summed E-state index contributed by atoms with van der Waals surface area (Å²) in [4.78, 5) is 8.72. The quantitative estimate of drug-likeness (QED) is 0.741. The fourth-order valence-electron chi connectivity index (χ4n) is 2.77. The number of aromatic nitrogens is 3. The van der Waals surface area contributed by atoms with E-state index in [1.54, 1.807) is 0 Å². The SMILES string of the molecule is Cc1c(C)n(Cc2ccccc2)c2ncnc(NC=C(C#N)C#N)c12. The van der Waals surface area contributed by atoms with Crippen LogP contribution in [0.5, 0.6) is 0 Å². The Morgan fingerprint density at radius 2 is 1.88 bits per heavy atom. The van der Waals surface area contributed by atoms with Gasteiger partial charge in [0.2, 0.25) is 0 Å². The van der Waals surface area contributed by atoms with Crippen molar-refractivity contribution in [2.24, 2.45) is 0 Å². The van der Waals surface area contributed by atoms with Crippen molar-refractivity contribution >= 4 is 16.9 Å². The summed E-state index contributed by atoms with van der Waals surface area (Å²) >= 11 is 0. The lowest BCUT2D eigenvalue weighted by atomic mass is 10.2. The zero-order valence-corrected chi connectivity index (χ0v) is 14.0. The number of nitrogens with one attached hydrogen (secondary N) is 1. The van der Waals surface area contributed by atoms with Gasteiger partial charge in [0.1, 0.15) is 35.5 Å². The van der Waals surface area contributed by atoms with Crippen LogP contribution in [-0.4, -0.2) is 14.5 Å². The van der Waals surface area contributed by atoms with Gasteiger partial charge in [-0.05, 0) is 25.0 Å². The largest absolute Gasteiger partial charge is 0.344 e. The van der Waals surface area contributed by atoms with Gasteiger partial charge in [0.05, 0.1) is 5.39 Å². The maximum absolute atomic E-state index is 8.87. The molecule has 2 heterocycles. The van der Waals surface area contributed by atoms with E-state index in [0.717, 1.165) is 22.3 Å². The number of hydrogen-bond donors (Lipinski definition) is 1. The molecule has 2 aromatic heterocycles. The Hall–Kier alpha value is -3.64. The second-order valence-electron chi connectivity index (χ2n) is 5.63. The molecule has 0 aliphatic rings. The van der Waals surface area contributed by atoms with Gasteiger partial charge in [0.25, 0.3) is 0 Å². The molecule has 0 saturated carbocycles. The molecular weight excluding hydrogens is 312 g/mol. The molecule has 0 bridgehead atoms. The highest BCUT2D eigenvalue weighted by Gasteiger charge is 2.16. The van der Waals surface area contributed by atoms with Crippen LogP contribution in [0.2, 0.25) is 0 Å². The van der Waals surface area contributed by atoms with Gasteiger partial charge in [-0.25, -0.2) is 9.97 Å². The summed E-state index contributed by atoms with van der Waals surface area (Å²) in [6, 6.07) is 13.8. The van der Waals surface area contributed by atoms with Crippen molar-refractivity contribution in [1.82, 2.24) is 14.5 Å². The van der Waals surface area contributed by atoms with Gasteiger partial charge in [-0.1, -0.05) is 30.3 Å². The summed E-state index contributed by atoms with van der Waals surface area (Å²) in [6.45, 7) is 4.79. The molecule has 0 unspecified atom stereocenters. The average molecular weight is 328 g/mol. The molecule has 0 atom stereocenters. The third-order valence-electron chi connectivity index (χ3n) is 4.18. The fraction of sp³-hybridized carbons (Fsp3) is 0.158. The predicted octanol–water partition coefficient (Wildman–Crippen LogP) is 3.44. The molecule has 6 heteroatoms. The molecule has 0 spiro atoms. The molecule has 0 saturated heterocycles. The summed E-state index contributed by atoms with van der Waals surface area (Å²) < 4.78 is 2.14. The summed E-state index contributed by atoms with van der Waals surface area (Å²) in [5.41, 5.74) is 4.17. The average Bonchev–Trinajstić information content (AvgIpc) is 2.89. The van der Waals surface area contributed by atoms with Crippen molar-refractivity contribution < 1.29 is 0 Å². The van der Waals surface area contributed by atoms with Crippen LogP contribution in [0.15, 0.2) is 48.4 Å². The van der Waals surface area contributed by atoms with E-state index < -0.39 is 0 Å². The number of aryl methyl sites for hydroxylation is 1. The Morgan fingerprint density at radius 1 is 1.16 bits per heavy atom. The highest BCUT2D eigenvalue weighted by molar-refractivity contribution is 5.92. The van der Waals surface area contributed by atoms with E-state index in [9.17, 15) is 0 Å². The lowest BCUT2D eigenvalue weighted by Gasteiger charge is -2.08. The Labute approximate surface area is 145 Å². The molecule has 1 N–H and O–H groups in total. The van der Waals surface area contributed by atoms with Crippen molar-refractivity contribution in [2.75, 3.05) is 5.32 Å². The Kier molecular flexibility index (Phi) is 4.45. The maximum atomic E-state index is 8.87. The van der Waals surface area contributed by atoms with Gasteiger partial charge in [0, 0.05) is 18.4 Å². The predicted molar refractivity (Wildman–Crippen MR) is 95.5 cm³/mol. The van der Waals surface area contributed by atoms with E-state index in [2.05, 4.69) is 38.9 Å². The van der Waals surface area contributed by atoms with E-state index in [-0.39, 0.29) is 5.57 Å². The minimum atomic E-state index is -0.00939. The van der Waals surface area contributed by atoms with Crippen LogP contribution in [0.25, 0.3) is 11.0 Å². The Bertz CT molecular complexity index is 1020. The van der Waals surface area contributed by atoms with E-state index >= 15 is 0 Å². The molecule has 0 fully saturated rings. The first-order valence-corrected chi connectivity index (χ1v) is 7.77. The molecular formula is C19H16N6. The summed E-state index contributed by atoms with van der Waals surface area (Å²) in [7, 11) is 0. The zero-order chi connectivity index (χ0) is 17.8. The van der Waals surface area contributed by atoms with Crippen LogP contribution in [0.1, 0.15) is 16.8 Å². The number of hydrogen-bond acceptors (Lipinski definition) is 5. The van der Waals surface area contributed by atoms with Crippen molar-refractivity contribution in [3.63, 3.8) is 0 Å². The second kappa shape index (κ2) is 6.86. The number of anilines is 1. The minimum Gasteiger partial charge on any atom is -0.344 e. The summed E-state index contributed by atoms with van der Waals surface area (Å²) in [5.74, 6) is 0.584. The highest BCUT2D eigenvalue weighted by Crippen LogP contribution is 2.29. The summed E-state index contributed by atoms with van der Waals surface area (Å²) in [5, 5.41) is 21.6. The molecule has 1 aromatic carbocycles. The molecule has 0 aliphatic carbocycles. The smallest absolute Gasteiger partial charge is 0.146 e. The van der Waals surface area contributed by atoms with Crippen LogP contribution in [0, 0.1) is 36.5 Å². The van der Waals surface area contributed by atoms with Crippen LogP contribution in [-0.2, 0) is 6.54 Å². The van der Waals surface area contributed by atoms with Crippen LogP contribution in [0.3, 0.4) is 0 Å². The molecule has 6 nitrogen and oxygen atoms in total. The third-order valence-corrected chi connectivity index (χ3v) is 4.18. The van der Waals surface area contributed by atoms with Gasteiger partial charge in [-0.3, -0.25) is 0 Å². The summed E-state index contributed by atoms with van der Waals surface area (Å²) in [6.07, 6.45) is 2.85. The van der Waals surface area contributed by atoms with Gasteiger partial charge in [-0.2, -0.15) is 10.5 Å². The molecule has 0 amide bonds. The first kappa shape index (κ1) is 16.2. The van der Waals surface area contributed by atoms with Crippen molar-refractivity contribution in [1.29, 1.82) is 10.5 Å². The third kappa shape index (κ3) is 3.06. The number of allylic oxidation sites excluding steroid dienone is 1. The molecule has 0 radical (unpaired) electrons. The normalized spacial score (nSPS) is 10.1. The van der Waals surface area contributed by atoms with Crippen LogP contribution in [0.4, 0.5) is 5.82 Å². The number of benzene rings is 1. The number of nitriles is 2. The Morgan fingerprint density at radius 3 is 2.56 bits per heavy atom. The number of nitrogens with zero attached hydrogens (tertiary/aromatic N) is 5. The van der Waals surface area contributed by atoms with Gasteiger partial charge in [0.15, 0.2) is 0 Å². The monoisotopic (exact) mass is 328 g/mol. The first-order valence-electron chi connectivity index (χ1n) is 7.77. The standard InChI is InChI=1S/C19H16N6/c1-13-14(2)25(11-15-6-4-3-5-7-15)19-17(13)18(23-12-24-19)22-10-16(8-20)9-21/h3-7,10,12H,11H2,1-2H3,(H,22,23,24). The van der Waals surface area contributed by atoms with Crippen LogP contribution < -0.4 is 5.32 Å². The number of fused-ring (bicyclic) bond motifs is 1. The molecule has 0 aliphatic heterocycles. The molecule has 25 heavy (non-hydrogen) atoms.